The van der Waals surface area contributed by atoms with E-state index in [0.29, 0.717) is 6.54 Å². The van der Waals surface area contributed by atoms with E-state index < -0.39 is 4.32 Å². The van der Waals surface area contributed by atoms with Crippen molar-refractivity contribution in [3.63, 3.8) is 0 Å². The maximum atomic E-state index is 11.3. The first-order chi connectivity index (χ1) is 5.98. The van der Waals surface area contributed by atoms with Crippen LogP contribution in [0.1, 0.15) is 33.1 Å². The molecule has 0 saturated carbocycles. The van der Waals surface area contributed by atoms with Crippen LogP contribution in [0.25, 0.3) is 0 Å². The van der Waals surface area contributed by atoms with Gasteiger partial charge in [0.05, 0.1) is 4.32 Å². The molecule has 0 aromatic rings. The van der Waals surface area contributed by atoms with Crippen molar-refractivity contribution in [3.8, 4) is 0 Å². The summed E-state index contributed by atoms with van der Waals surface area (Å²) in [4.78, 5) is 11.3. The highest BCUT2D eigenvalue weighted by Crippen LogP contribution is 2.15. The number of carbonyl (C=O) groups is 1. The Morgan fingerprint density at radius 1 is 1.38 bits per heavy atom. The molecule has 1 amide bonds. The molecule has 0 bridgehead atoms. The van der Waals surface area contributed by atoms with Gasteiger partial charge in [-0.15, -0.1) is 0 Å². The molecule has 0 unspecified atom stereocenters. The van der Waals surface area contributed by atoms with E-state index in [0.717, 1.165) is 19.3 Å². The van der Waals surface area contributed by atoms with Crippen molar-refractivity contribution in [2.24, 2.45) is 0 Å². The topological polar surface area (TPSA) is 49.3 Å². The molecule has 0 aliphatic rings. The van der Waals surface area contributed by atoms with Crippen molar-refractivity contribution < 1.29 is 9.90 Å². The van der Waals surface area contributed by atoms with Gasteiger partial charge in [0.1, 0.15) is 0 Å². The third-order valence-corrected chi connectivity index (χ3v) is 2.02. The summed E-state index contributed by atoms with van der Waals surface area (Å²) in [5.41, 5.74) is 0. The smallest absolute Gasteiger partial charge is 0.236 e. The van der Waals surface area contributed by atoms with Gasteiger partial charge in [-0.3, -0.25) is 4.79 Å². The zero-order valence-corrected chi connectivity index (χ0v) is 9.85. The van der Waals surface area contributed by atoms with E-state index in [-0.39, 0.29) is 12.5 Å². The third kappa shape index (κ3) is 7.02. The van der Waals surface area contributed by atoms with Crippen LogP contribution in [-0.4, -0.2) is 28.5 Å². The first-order valence-electron chi connectivity index (χ1n) is 4.56. The molecule has 0 aromatic carbocycles. The van der Waals surface area contributed by atoms with E-state index in [1.54, 1.807) is 0 Å². The lowest BCUT2D eigenvalue weighted by Crippen LogP contribution is -2.37. The van der Waals surface area contributed by atoms with Crippen LogP contribution >= 0.6 is 15.9 Å². The first-order valence-corrected chi connectivity index (χ1v) is 5.36. The minimum Gasteiger partial charge on any atom is -0.396 e. The lowest BCUT2D eigenvalue weighted by atomic mass is 10.2. The Morgan fingerprint density at radius 2 is 2.00 bits per heavy atom. The maximum Gasteiger partial charge on any atom is 0.236 e. The molecule has 78 valence electrons. The number of alkyl halides is 1. The Hall–Kier alpha value is -0.0900. The molecule has 0 aliphatic heterocycles. The second-order valence-corrected chi connectivity index (χ2v) is 5.50. The van der Waals surface area contributed by atoms with Gasteiger partial charge < -0.3 is 10.4 Å². The number of amides is 1. The SMILES string of the molecule is CC(C)(Br)C(=O)NCCCCCO. The minimum atomic E-state index is -0.482. The van der Waals surface area contributed by atoms with Crippen LogP contribution < -0.4 is 5.32 Å². The molecule has 0 aliphatic carbocycles. The summed E-state index contributed by atoms with van der Waals surface area (Å²) in [7, 11) is 0. The summed E-state index contributed by atoms with van der Waals surface area (Å²) in [5.74, 6) is 0.0106. The number of hydrogen-bond acceptors (Lipinski definition) is 2. The number of rotatable bonds is 6. The summed E-state index contributed by atoms with van der Waals surface area (Å²) in [6, 6.07) is 0. The van der Waals surface area contributed by atoms with E-state index in [1.807, 2.05) is 13.8 Å². The predicted octanol–water partition coefficient (Wildman–Crippen LogP) is 1.44. The molecule has 0 atom stereocenters. The lowest BCUT2D eigenvalue weighted by molar-refractivity contribution is -0.122. The van der Waals surface area contributed by atoms with Gasteiger partial charge in [-0.05, 0) is 33.1 Å². The molecule has 0 saturated heterocycles. The summed E-state index contributed by atoms with van der Waals surface area (Å²) >= 11 is 3.27. The molecule has 0 heterocycles. The average molecular weight is 252 g/mol. The Balaban J connectivity index is 3.38. The fourth-order valence-electron chi connectivity index (χ4n) is 0.826. The van der Waals surface area contributed by atoms with Crippen molar-refractivity contribution in [1.29, 1.82) is 0 Å². The molecule has 4 heteroatoms. The van der Waals surface area contributed by atoms with E-state index in [1.165, 1.54) is 0 Å². The van der Waals surface area contributed by atoms with Crippen LogP contribution in [-0.2, 0) is 4.79 Å². The number of halogens is 1. The molecular formula is C9H18BrNO2. The summed E-state index contributed by atoms with van der Waals surface area (Å²) in [6.45, 7) is 4.55. The van der Waals surface area contributed by atoms with Gasteiger partial charge in [0, 0.05) is 13.2 Å². The van der Waals surface area contributed by atoms with Crippen LogP contribution in [0.2, 0.25) is 0 Å². The summed E-state index contributed by atoms with van der Waals surface area (Å²) < 4.78 is -0.482. The fourth-order valence-corrected chi connectivity index (χ4v) is 0.966. The van der Waals surface area contributed by atoms with Crippen molar-refractivity contribution >= 4 is 21.8 Å². The molecule has 0 fully saturated rings. The van der Waals surface area contributed by atoms with Crippen molar-refractivity contribution in [2.45, 2.75) is 37.4 Å². The Morgan fingerprint density at radius 3 is 2.46 bits per heavy atom. The highest BCUT2D eigenvalue weighted by atomic mass is 79.9. The molecule has 2 N–H and O–H groups in total. The second kappa shape index (κ2) is 6.38. The number of aliphatic hydroxyl groups excluding tert-OH is 1. The van der Waals surface area contributed by atoms with Gasteiger partial charge >= 0.3 is 0 Å². The molecule has 3 nitrogen and oxygen atoms in total. The fraction of sp³-hybridized carbons (Fsp3) is 0.889. The number of hydrogen-bond donors (Lipinski definition) is 2. The third-order valence-electron chi connectivity index (χ3n) is 1.66. The van der Waals surface area contributed by atoms with Crippen LogP contribution in [0, 0.1) is 0 Å². The van der Waals surface area contributed by atoms with Gasteiger partial charge in [0.2, 0.25) is 5.91 Å². The first kappa shape index (κ1) is 12.9. The number of aliphatic hydroxyl groups is 1. The van der Waals surface area contributed by atoms with Gasteiger partial charge in [0.25, 0.3) is 0 Å². The number of unbranched alkanes of at least 4 members (excludes halogenated alkanes) is 2. The largest absolute Gasteiger partial charge is 0.396 e. The standard InChI is InChI=1S/C9H18BrNO2/c1-9(2,10)8(13)11-6-4-3-5-7-12/h12H,3-7H2,1-2H3,(H,11,13). The highest BCUT2D eigenvalue weighted by Gasteiger charge is 2.22. The zero-order chi connectivity index (χ0) is 10.3. The van der Waals surface area contributed by atoms with E-state index in [9.17, 15) is 4.79 Å². The summed E-state index contributed by atoms with van der Waals surface area (Å²) in [6.07, 6.45) is 2.70. The number of carbonyl (C=O) groups excluding carboxylic acids is 1. The maximum absolute atomic E-state index is 11.3. The molecule has 0 rings (SSSR count). The quantitative estimate of drug-likeness (QED) is 0.555. The van der Waals surface area contributed by atoms with Crippen molar-refractivity contribution in [2.75, 3.05) is 13.2 Å². The zero-order valence-electron chi connectivity index (χ0n) is 8.27. The van der Waals surface area contributed by atoms with E-state index in [4.69, 9.17) is 5.11 Å². The molecule has 13 heavy (non-hydrogen) atoms. The molecular weight excluding hydrogens is 234 g/mol. The van der Waals surface area contributed by atoms with E-state index >= 15 is 0 Å². The van der Waals surface area contributed by atoms with Crippen molar-refractivity contribution in [3.05, 3.63) is 0 Å². The minimum absolute atomic E-state index is 0.0106. The lowest BCUT2D eigenvalue weighted by Gasteiger charge is -2.15. The predicted molar refractivity (Wildman–Crippen MR) is 57.0 cm³/mol. The van der Waals surface area contributed by atoms with E-state index in [2.05, 4.69) is 21.2 Å². The molecule has 0 aromatic heterocycles. The average Bonchev–Trinajstić information content (AvgIpc) is 2.02. The summed E-state index contributed by atoms with van der Waals surface area (Å²) in [5, 5.41) is 11.3. The molecule has 0 radical (unpaired) electrons. The van der Waals surface area contributed by atoms with Crippen molar-refractivity contribution in [1.82, 2.24) is 5.32 Å². The van der Waals surface area contributed by atoms with Gasteiger partial charge in [-0.1, -0.05) is 15.9 Å². The van der Waals surface area contributed by atoms with Crippen LogP contribution in [0.5, 0.6) is 0 Å². The number of nitrogens with one attached hydrogen (secondary N) is 1. The van der Waals surface area contributed by atoms with Gasteiger partial charge in [-0.2, -0.15) is 0 Å². The monoisotopic (exact) mass is 251 g/mol. The Bertz CT molecular complexity index is 154. The second-order valence-electron chi connectivity index (χ2n) is 3.51. The van der Waals surface area contributed by atoms with Crippen LogP contribution in [0.4, 0.5) is 0 Å². The normalized spacial score (nSPS) is 11.4. The van der Waals surface area contributed by atoms with Crippen LogP contribution in [0.3, 0.4) is 0 Å². The van der Waals surface area contributed by atoms with Gasteiger partial charge in [-0.25, -0.2) is 0 Å². The Labute approximate surface area is 88.0 Å². The highest BCUT2D eigenvalue weighted by molar-refractivity contribution is 9.10. The molecule has 0 spiro atoms. The van der Waals surface area contributed by atoms with Gasteiger partial charge in [0.15, 0.2) is 0 Å². The Kier molecular flexibility index (Phi) is 6.33. The van der Waals surface area contributed by atoms with Crippen LogP contribution in [0.15, 0.2) is 0 Å².